The van der Waals surface area contributed by atoms with E-state index in [4.69, 9.17) is 5.73 Å². The summed E-state index contributed by atoms with van der Waals surface area (Å²) in [7, 11) is 0. The first kappa shape index (κ1) is 15.5. The lowest BCUT2D eigenvalue weighted by molar-refractivity contribution is 0.256. The van der Waals surface area contributed by atoms with Crippen LogP contribution in [-0.2, 0) is 6.54 Å². The van der Waals surface area contributed by atoms with Crippen molar-refractivity contribution in [3.05, 3.63) is 28.2 Å². The molecule has 1 rings (SSSR count). The van der Waals surface area contributed by atoms with Gasteiger partial charge in [0.1, 0.15) is 0 Å². The highest BCUT2D eigenvalue weighted by atomic mass is 79.9. The van der Waals surface area contributed by atoms with E-state index in [2.05, 4.69) is 40.7 Å². The lowest BCUT2D eigenvalue weighted by Gasteiger charge is -2.22. The topological polar surface area (TPSA) is 29.3 Å². The first-order chi connectivity index (χ1) is 8.67. The van der Waals surface area contributed by atoms with E-state index in [0.29, 0.717) is 0 Å². The number of hydrogen-bond donors (Lipinski definition) is 1. The summed E-state index contributed by atoms with van der Waals surface area (Å²) in [6.07, 6.45) is 5.06. The second kappa shape index (κ2) is 8.54. The molecule has 0 heterocycles. The van der Waals surface area contributed by atoms with Gasteiger partial charge in [-0.05, 0) is 43.6 Å². The Bertz CT molecular complexity index is 344. The zero-order chi connectivity index (χ0) is 13.4. The van der Waals surface area contributed by atoms with Gasteiger partial charge in [0.25, 0.3) is 0 Å². The Hall–Kier alpha value is -0.540. The van der Waals surface area contributed by atoms with Gasteiger partial charge >= 0.3 is 0 Å². The largest absolute Gasteiger partial charge is 0.399 e. The molecule has 0 fully saturated rings. The monoisotopic (exact) mass is 312 g/mol. The van der Waals surface area contributed by atoms with Gasteiger partial charge < -0.3 is 5.73 Å². The first-order valence-corrected chi connectivity index (χ1v) is 7.73. The van der Waals surface area contributed by atoms with Crippen LogP contribution in [0, 0.1) is 0 Å². The highest BCUT2D eigenvalue weighted by Gasteiger charge is 2.07. The number of nitrogen functional groups attached to an aromatic ring is 1. The maximum Gasteiger partial charge on any atom is 0.0325 e. The van der Waals surface area contributed by atoms with Crippen LogP contribution in [0.3, 0.4) is 0 Å². The summed E-state index contributed by atoms with van der Waals surface area (Å²) >= 11 is 3.61. The van der Waals surface area contributed by atoms with Crippen molar-refractivity contribution in [2.45, 2.75) is 46.1 Å². The maximum absolute atomic E-state index is 5.78. The van der Waals surface area contributed by atoms with Gasteiger partial charge in [-0.25, -0.2) is 0 Å². The molecule has 0 bridgehead atoms. The summed E-state index contributed by atoms with van der Waals surface area (Å²) < 4.78 is 1.13. The molecule has 0 atom stereocenters. The Morgan fingerprint density at radius 2 is 1.72 bits per heavy atom. The van der Waals surface area contributed by atoms with Crippen LogP contribution in [-0.4, -0.2) is 18.0 Å². The molecule has 0 aromatic heterocycles. The predicted molar refractivity (Wildman–Crippen MR) is 83.6 cm³/mol. The smallest absolute Gasteiger partial charge is 0.0325 e. The van der Waals surface area contributed by atoms with Crippen molar-refractivity contribution in [2.24, 2.45) is 0 Å². The van der Waals surface area contributed by atoms with E-state index in [1.165, 1.54) is 44.3 Å². The van der Waals surface area contributed by atoms with Gasteiger partial charge in [-0.15, -0.1) is 0 Å². The van der Waals surface area contributed by atoms with Crippen molar-refractivity contribution < 1.29 is 0 Å². The molecule has 0 radical (unpaired) electrons. The van der Waals surface area contributed by atoms with E-state index in [0.717, 1.165) is 16.7 Å². The Balaban J connectivity index is 2.62. The molecule has 1 aromatic carbocycles. The van der Waals surface area contributed by atoms with Crippen LogP contribution < -0.4 is 5.73 Å². The number of nitrogens with two attached hydrogens (primary N) is 1. The fourth-order valence-electron chi connectivity index (χ4n) is 1.97. The molecule has 102 valence electrons. The number of hydrogen-bond acceptors (Lipinski definition) is 2. The number of halogens is 1. The lowest BCUT2D eigenvalue weighted by atomic mass is 10.1. The Labute approximate surface area is 120 Å². The third kappa shape index (κ3) is 5.40. The summed E-state index contributed by atoms with van der Waals surface area (Å²) in [5.41, 5.74) is 7.92. The Kier molecular flexibility index (Phi) is 7.36. The number of unbranched alkanes of at least 4 members (excludes halogenated alkanes) is 2. The molecule has 0 unspecified atom stereocenters. The van der Waals surface area contributed by atoms with Gasteiger partial charge in [-0.1, -0.05) is 48.7 Å². The van der Waals surface area contributed by atoms with Gasteiger partial charge in [-0.3, -0.25) is 4.90 Å². The van der Waals surface area contributed by atoms with E-state index in [9.17, 15) is 0 Å². The van der Waals surface area contributed by atoms with Crippen LogP contribution in [0.2, 0.25) is 0 Å². The second-order valence-corrected chi connectivity index (χ2v) is 5.69. The van der Waals surface area contributed by atoms with E-state index in [-0.39, 0.29) is 0 Å². The minimum Gasteiger partial charge on any atom is -0.399 e. The van der Waals surface area contributed by atoms with E-state index >= 15 is 0 Å². The van der Waals surface area contributed by atoms with Crippen molar-refractivity contribution in [1.29, 1.82) is 0 Å². The summed E-state index contributed by atoms with van der Waals surface area (Å²) in [6, 6.07) is 6.11. The average Bonchev–Trinajstić information content (AvgIpc) is 2.35. The molecule has 2 N–H and O–H groups in total. The van der Waals surface area contributed by atoms with Crippen molar-refractivity contribution in [2.75, 3.05) is 18.8 Å². The fraction of sp³-hybridized carbons (Fsp3) is 0.600. The number of nitrogens with zero attached hydrogens (tertiary/aromatic N) is 1. The van der Waals surface area contributed by atoms with Crippen LogP contribution in [0.1, 0.15) is 45.1 Å². The molecular formula is C15H25BrN2. The molecule has 0 amide bonds. The molecule has 1 aromatic rings. The minimum absolute atomic E-state index is 0.819. The standard InChI is InChI=1S/C15H25BrN2/c1-3-5-9-18(10-6-4-2)12-13-7-8-14(17)11-15(13)16/h7-8,11H,3-6,9-10,12,17H2,1-2H3. The molecule has 0 aliphatic heterocycles. The molecular weight excluding hydrogens is 288 g/mol. The quantitative estimate of drug-likeness (QED) is 0.719. The normalized spacial score (nSPS) is 11.1. The molecule has 0 aliphatic carbocycles. The van der Waals surface area contributed by atoms with Crippen LogP contribution in [0.15, 0.2) is 22.7 Å². The predicted octanol–water partition coefficient (Wildman–Crippen LogP) is 4.43. The highest BCUT2D eigenvalue weighted by molar-refractivity contribution is 9.10. The lowest BCUT2D eigenvalue weighted by Crippen LogP contribution is -2.25. The highest BCUT2D eigenvalue weighted by Crippen LogP contribution is 2.21. The van der Waals surface area contributed by atoms with Crippen molar-refractivity contribution in [3.63, 3.8) is 0 Å². The maximum atomic E-state index is 5.78. The molecule has 18 heavy (non-hydrogen) atoms. The molecule has 3 heteroatoms. The van der Waals surface area contributed by atoms with Gasteiger partial charge in [0.2, 0.25) is 0 Å². The molecule has 0 aliphatic rings. The molecule has 2 nitrogen and oxygen atoms in total. The van der Waals surface area contributed by atoms with Crippen molar-refractivity contribution >= 4 is 21.6 Å². The summed E-state index contributed by atoms with van der Waals surface area (Å²) in [4.78, 5) is 2.54. The van der Waals surface area contributed by atoms with E-state index < -0.39 is 0 Å². The SMILES string of the molecule is CCCCN(CCCC)Cc1ccc(N)cc1Br. The van der Waals surface area contributed by atoms with E-state index in [1.54, 1.807) is 0 Å². The van der Waals surface area contributed by atoms with Crippen LogP contribution in [0.4, 0.5) is 5.69 Å². The Morgan fingerprint density at radius 3 is 2.22 bits per heavy atom. The minimum atomic E-state index is 0.819. The summed E-state index contributed by atoms with van der Waals surface area (Å²) in [5, 5.41) is 0. The van der Waals surface area contributed by atoms with Crippen molar-refractivity contribution in [1.82, 2.24) is 4.90 Å². The second-order valence-electron chi connectivity index (χ2n) is 4.83. The average molecular weight is 313 g/mol. The first-order valence-electron chi connectivity index (χ1n) is 6.93. The third-order valence-electron chi connectivity index (χ3n) is 3.13. The van der Waals surface area contributed by atoms with Crippen LogP contribution in [0.25, 0.3) is 0 Å². The number of rotatable bonds is 8. The molecule has 0 saturated heterocycles. The Morgan fingerprint density at radius 1 is 1.11 bits per heavy atom. The molecule has 0 spiro atoms. The number of benzene rings is 1. The summed E-state index contributed by atoms with van der Waals surface area (Å²) in [6.45, 7) is 7.88. The zero-order valence-electron chi connectivity index (χ0n) is 11.6. The summed E-state index contributed by atoms with van der Waals surface area (Å²) in [5.74, 6) is 0. The van der Waals surface area contributed by atoms with Gasteiger partial charge in [0.15, 0.2) is 0 Å². The van der Waals surface area contributed by atoms with Gasteiger partial charge in [0, 0.05) is 16.7 Å². The van der Waals surface area contributed by atoms with Gasteiger partial charge in [-0.2, -0.15) is 0 Å². The van der Waals surface area contributed by atoms with Crippen molar-refractivity contribution in [3.8, 4) is 0 Å². The number of anilines is 1. The van der Waals surface area contributed by atoms with Crippen LogP contribution in [0.5, 0.6) is 0 Å². The third-order valence-corrected chi connectivity index (χ3v) is 3.87. The van der Waals surface area contributed by atoms with Gasteiger partial charge in [0.05, 0.1) is 0 Å². The van der Waals surface area contributed by atoms with Crippen LogP contribution >= 0.6 is 15.9 Å². The fourth-order valence-corrected chi connectivity index (χ4v) is 2.49. The molecule has 0 saturated carbocycles. The van der Waals surface area contributed by atoms with E-state index in [1.807, 2.05) is 12.1 Å². The zero-order valence-corrected chi connectivity index (χ0v) is 13.2.